The summed E-state index contributed by atoms with van der Waals surface area (Å²) < 4.78 is 71.4. The van der Waals surface area contributed by atoms with Crippen LogP contribution in [-0.4, -0.2) is 180 Å². The van der Waals surface area contributed by atoms with Gasteiger partial charge in [0.05, 0.1) is 84.4 Å². The zero-order chi connectivity index (χ0) is 81.2. The van der Waals surface area contributed by atoms with Gasteiger partial charge in [0.25, 0.3) is 23.6 Å². The Morgan fingerprint density at radius 1 is 0.421 bits per heavy atom. The second-order valence-corrected chi connectivity index (χ2v) is 25.2. The number of likely N-dealkylation sites (N-methyl/N-ethyl adjacent to an activating group) is 1. The molecule has 31 nitrogen and oxygen atoms in total. The summed E-state index contributed by atoms with van der Waals surface area (Å²) in [6.45, 7) is 33.2. The van der Waals surface area contributed by atoms with Crippen molar-refractivity contribution in [3.63, 3.8) is 0 Å². The van der Waals surface area contributed by atoms with E-state index in [-0.39, 0.29) is 18.8 Å². The maximum absolute atomic E-state index is 11.7. The fraction of sp³-hybridized carbons (Fsp3) is 0.361. The molecule has 12 aromatic rings. The number of nitrogens with zero attached hydrogens (tertiary/aromatic N) is 13. The second kappa shape index (κ2) is 44.1. The number of carbonyl (C=O) groups is 1. The Balaban J connectivity index is 0.000000175. The lowest BCUT2D eigenvalue weighted by molar-refractivity contribution is 0.0600. The standard InChI is InChI=1S/C24H33N5O3.C22H28N4O4.C19H19N3O5.C18H19N3O4/c1-5-29(6-2)12-11-25-15-18-13-20(17-26-16-18)23-27-24(32-28-23)19-9-10-21(30-7-3)22(14-19)31-8-4;1-5-28-18-8-7-16(12-19(18)29-6-2)21-25-20(26-30-21)15-9-10-23-17(11-15)13-24-22(3,4)14-27;1-4-25-15-7-6-12(9-16(15)26-5-2)18-21-17(22-27-18)13-8-14(11-20-10-13)19(23)24-3;1-3-23-15-6-5-13(8-16(15)24-4-2)18-20-17(21-25-18)14-7-12(11-22)9-19-10-14/h9-10,13-14,16-17,25H,5-8,11-12,15H2,1-4H3;7-12,24,27H,5-6,13-14H2,1-4H3;6-11H,4-5H2,1-3H3;5-10,22H,3-4,11H2,1-2H3. The quantitative estimate of drug-likeness (QED) is 0.0207. The molecule has 0 saturated carbocycles. The fourth-order valence-electron chi connectivity index (χ4n) is 10.9. The smallest absolute Gasteiger partial charge is 0.339 e. The highest BCUT2D eigenvalue weighted by atomic mass is 16.5. The lowest BCUT2D eigenvalue weighted by atomic mass is 10.1. The number of esters is 1. The fourth-order valence-corrected chi connectivity index (χ4v) is 10.9. The van der Waals surface area contributed by atoms with Gasteiger partial charge in [-0.2, -0.15) is 19.9 Å². The van der Waals surface area contributed by atoms with Crippen molar-refractivity contribution in [2.75, 3.05) is 92.8 Å². The van der Waals surface area contributed by atoms with E-state index in [9.17, 15) is 15.0 Å². The molecule has 0 amide bonds. The molecule has 0 aliphatic rings. The van der Waals surface area contributed by atoms with Crippen LogP contribution in [0.25, 0.3) is 91.4 Å². The number of hydrogen-bond acceptors (Lipinski definition) is 31. The molecule has 4 aromatic carbocycles. The highest BCUT2D eigenvalue weighted by Gasteiger charge is 2.22. The molecule has 114 heavy (non-hydrogen) atoms. The van der Waals surface area contributed by atoms with Crippen molar-refractivity contribution in [3.8, 4) is 137 Å². The molecule has 0 bridgehead atoms. The Bertz CT molecular complexity index is 4950. The normalized spacial score (nSPS) is 11.0. The average Bonchev–Trinajstić information content (AvgIpc) is 1.71. The molecule has 0 aliphatic carbocycles. The molecule has 602 valence electrons. The van der Waals surface area contributed by atoms with Gasteiger partial charge in [-0.25, -0.2) is 4.79 Å². The molecule has 0 unspecified atom stereocenters. The maximum Gasteiger partial charge on any atom is 0.339 e. The van der Waals surface area contributed by atoms with Crippen LogP contribution in [0.4, 0.5) is 0 Å². The number of pyridine rings is 4. The van der Waals surface area contributed by atoms with E-state index in [2.05, 4.69) is 89.9 Å². The van der Waals surface area contributed by atoms with Gasteiger partial charge >= 0.3 is 5.97 Å². The Hall–Kier alpha value is -12.3. The van der Waals surface area contributed by atoms with Crippen molar-refractivity contribution in [1.82, 2.24) is 76.0 Å². The van der Waals surface area contributed by atoms with Crippen LogP contribution in [0.3, 0.4) is 0 Å². The molecule has 8 aromatic heterocycles. The van der Waals surface area contributed by atoms with E-state index in [1.54, 1.807) is 55.2 Å². The van der Waals surface area contributed by atoms with Crippen molar-refractivity contribution in [1.29, 1.82) is 0 Å². The predicted molar refractivity (Wildman–Crippen MR) is 426 cm³/mol. The lowest BCUT2D eigenvalue weighted by Gasteiger charge is -2.23. The number of benzene rings is 4. The summed E-state index contributed by atoms with van der Waals surface area (Å²) in [7, 11) is 1.31. The van der Waals surface area contributed by atoms with E-state index in [1.807, 2.05) is 154 Å². The first-order valence-corrected chi connectivity index (χ1v) is 37.8. The first-order valence-electron chi connectivity index (χ1n) is 37.8. The van der Waals surface area contributed by atoms with Gasteiger partial charge in [0, 0.05) is 120 Å². The topological polar surface area (TPSA) is 375 Å². The predicted octanol–water partition coefficient (Wildman–Crippen LogP) is 14.0. The highest BCUT2D eigenvalue weighted by Crippen LogP contribution is 2.38. The van der Waals surface area contributed by atoms with Crippen molar-refractivity contribution >= 4 is 5.97 Å². The van der Waals surface area contributed by atoms with Crippen LogP contribution in [-0.2, 0) is 24.4 Å². The zero-order valence-corrected chi connectivity index (χ0v) is 66.6. The number of ether oxygens (including phenoxy) is 9. The van der Waals surface area contributed by atoms with Gasteiger partial charge in [0.15, 0.2) is 46.0 Å². The summed E-state index contributed by atoms with van der Waals surface area (Å²) in [5.41, 5.74) is 8.30. The Morgan fingerprint density at radius 3 is 1.17 bits per heavy atom. The summed E-state index contributed by atoms with van der Waals surface area (Å²) in [6.07, 6.45) is 11.5. The van der Waals surface area contributed by atoms with Crippen molar-refractivity contribution in [2.24, 2.45) is 0 Å². The van der Waals surface area contributed by atoms with Crippen molar-refractivity contribution < 1.29 is 75.7 Å². The number of hydrogen-bond donors (Lipinski definition) is 4. The van der Waals surface area contributed by atoms with Gasteiger partial charge in [-0.3, -0.25) is 19.9 Å². The maximum atomic E-state index is 11.7. The molecular formula is C83H99N15O16. The van der Waals surface area contributed by atoms with Crippen LogP contribution in [0, 0.1) is 0 Å². The minimum Gasteiger partial charge on any atom is -0.490 e. The Labute approximate surface area is 662 Å². The number of carbonyl (C=O) groups excluding carboxylic acids is 1. The number of aliphatic hydroxyl groups is 2. The third kappa shape index (κ3) is 24.4. The molecule has 31 heteroatoms. The minimum absolute atomic E-state index is 0.0344. The third-order valence-electron chi connectivity index (χ3n) is 16.6. The average molecular weight is 1560 g/mol. The van der Waals surface area contributed by atoms with E-state index in [0.717, 1.165) is 71.8 Å². The number of methoxy groups -OCH3 is 1. The molecule has 0 aliphatic heterocycles. The van der Waals surface area contributed by atoms with Gasteiger partial charge in [-0.1, -0.05) is 34.5 Å². The van der Waals surface area contributed by atoms with Crippen LogP contribution in [0.5, 0.6) is 46.0 Å². The molecule has 0 radical (unpaired) electrons. The van der Waals surface area contributed by atoms with E-state index in [4.69, 9.17) is 60.7 Å². The Morgan fingerprint density at radius 2 is 0.789 bits per heavy atom. The van der Waals surface area contributed by atoms with Crippen LogP contribution in [0.2, 0.25) is 0 Å². The molecule has 12 rings (SSSR count). The monoisotopic (exact) mass is 1560 g/mol. The lowest BCUT2D eigenvalue weighted by Crippen LogP contribution is -2.42. The summed E-state index contributed by atoms with van der Waals surface area (Å²) in [4.78, 5) is 48.7. The Kier molecular flexibility index (Phi) is 33.1. The second-order valence-electron chi connectivity index (χ2n) is 25.2. The van der Waals surface area contributed by atoms with Gasteiger partial charge in [0.1, 0.15) is 0 Å². The van der Waals surface area contributed by atoms with Gasteiger partial charge in [0.2, 0.25) is 23.3 Å². The van der Waals surface area contributed by atoms with Crippen LogP contribution in [0.1, 0.15) is 110 Å². The highest BCUT2D eigenvalue weighted by molar-refractivity contribution is 5.90. The number of rotatable bonds is 37. The summed E-state index contributed by atoms with van der Waals surface area (Å²) in [5, 5.41) is 41.6. The first kappa shape index (κ1) is 85.7. The molecule has 0 spiro atoms. The molecule has 8 heterocycles. The largest absolute Gasteiger partial charge is 0.490 e. The summed E-state index contributed by atoms with van der Waals surface area (Å²) in [5.74, 6) is 7.95. The third-order valence-corrected chi connectivity index (χ3v) is 16.6. The molecule has 4 N–H and O–H groups in total. The first-order chi connectivity index (χ1) is 55.5. The van der Waals surface area contributed by atoms with Crippen LogP contribution in [0.15, 0.2) is 165 Å². The van der Waals surface area contributed by atoms with E-state index >= 15 is 0 Å². The van der Waals surface area contributed by atoms with Crippen LogP contribution < -0.4 is 48.5 Å². The molecule has 0 atom stereocenters. The van der Waals surface area contributed by atoms with Gasteiger partial charge in [-0.05, 0) is 197 Å². The number of aliphatic hydroxyl groups excluding tert-OH is 2. The van der Waals surface area contributed by atoms with Gasteiger partial charge in [-0.15, -0.1) is 0 Å². The van der Waals surface area contributed by atoms with E-state index in [1.165, 1.54) is 13.3 Å². The molecule has 0 fully saturated rings. The minimum atomic E-state index is -0.485. The van der Waals surface area contributed by atoms with E-state index < -0.39 is 5.97 Å². The molecule has 0 saturated heterocycles. The zero-order valence-electron chi connectivity index (χ0n) is 66.6. The SMILES string of the molecule is CCOc1ccc(-c2nc(-c3ccnc(CNC(C)(C)CO)c3)no2)cc1OCC.CCOc1ccc(-c2nc(-c3cncc(C(=O)OC)c3)no2)cc1OCC.CCOc1ccc(-c2nc(-c3cncc(CNCCN(CC)CC)c3)no2)cc1OCC.CCOc1ccc(-c2nc(-c3cncc(CO)c3)no2)cc1OCC. The van der Waals surface area contributed by atoms with Crippen molar-refractivity contribution in [2.45, 2.75) is 108 Å². The molecular weight excluding hydrogens is 1460 g/mol. The van der Waals surface area contributed by atoms with Crippen molar-refractivity contribution in [3.05, 3.63) is 169 Å². The summed E-state index contributed by atoms with van der Waals surface area (Å²) in [6, 6.07) is 31.2. The number of aromatic nitrogens is 12. The van der Waals surface area contributed by atoms with E-state index in [0.29, 0.717) is 180 Å². The number of nitrogens with one attached hydrogen (secondary N) is 2. The van der Waals surface area contributed by atoms with Crippen LogP contribution >= 0.6 is 0 Å². The summed E-state index contributed by atoms with van der Waals surface area (Å²) >= 11 is 0. The van der Waals surface area contributed by atoms with Gasteiger partial charge < -0.3 is 86.5 Å².